The first-order chi connectivity index (χ1) is 20.2. The molecule has 196 valence electrons. The Morgan fingerprint density at radius 1 is 0.667 bits per heavy atom. The van der Waals surface area contributed by atoms with E-state index in [2.05, 4.69) is 19.7 Å². The van der Waals surface area contributed by atoms with Crippen molar-refractivity contribution in [2.24, 2.45) is 0 Å². The second kappa shape index (κ2) is 10.2. The normalized spacial score (nSPS) is 12.7. The molecule has 0 aliphatic heterocycles. The summed E-state index contributed by atoms with van der Waals surface area (Å²) in [6.45, 7) is 15.0. The van der Waals surface area contributed by atoms with Crippen LogP contribution in [0.25, 0.3) is 20.8 Å². The van der Waals surface area contributed by atoms with E-state index in [-0.39, 0.29) is 79.0 Å². The van der Waals surface area contributed by atoms with Gasteiger partial charge in [-0.05, 0) is 45.4 Å². The molecule has 0 radical (unpaired) electrons. The molecular weight excluding hydrogens is 548 g/mol. The number of nitrogens with zero attached hydrogens (tertiary/aromatic N) is 8. The third kappa shape index (κ3) is 4.02. The summed E-state index contributed by atoms with van der Waals surface area (Å²) in [5.74, 6) is -5.34. The Morgan fingerprint density at radius 2 is 1.05 bits per heavy atom. The predicted octanol–water partition coefficient (Wildman–Crippen LogP) is 3.68. The van der Waals surface area contributed by atoms with Gasteiger partial charge in [-0.3, -0.25) is 0 Å². The molecule has 0 amide bonds. The van der Waals surface area contributed by atoms with Crippen LogP contribution in [0.4, 0.5) is 17.6 Å². The molecule has 0 fully saturated rings. The molecule has 2 heterocycles. The molecule has 8 nitrogen and oxygen atoms in total. The van der Waals surface area contributed by atoms with Gasteiger partial charge in [0.05, 0.1) is 16.7 Å². The van der Waals surface area contributed by atoms with Crippen molar-refractivity contribution >= 4 is 11.1 Å². The zero-order valence-corrected chi connectivity index (χ0v) is 20.8. The topological polar surface area (TPSA) is 130 Å². The van der Waals surface area contributed by atoms with Crippen molar-refractivity contribution in [3.8, 4) is 24.3 Å². The summed E-state index contributed by atoms with van der Waals surface area (Å²) in [6.07, 6.45) is -0.572. The fourth-order valence-corrected chi connectivity index (χ4v) is 5.42. The molecule has 0 saturated carbocycles. The van der Waals surface area contributed by atoms with Crippen LogP contribution in [-0.4, -0.2) is 9.97 Å². The Morgan fingerprint density at radius 3 is 1.40 bits per heavy atom. The van der Waals surface area contributed by atoms with Crippen LogP contribution in [0.1, 0.15) is 33.4 Å². The van der Waals surface area contributed by atoms with Gasteiger partial charge < -0.3 is 0 Å². The first-order valence-corrected chi connectivity index (χ1v) is 11.7. The number of aromatic nitrogens is 2. The molecular formula is C30H8F4N8. The summed E-state index contributed by atoms with van der Waals surface area (Å²) in [4.78, 5) is 12.6. The fourth-order valence-electron chi connectivity index (χ4n) is 5.42. The molecule has 0 atom stereocenters. The summed E-state index contributed by atoms with van der Waals surface area (Å²) in [6, 6.07) is 10.9. The average Bonchev–Trinajstić information content (AvgIpc) is 3.52. The van der Waals surface area contributed by atoms with E-state index in [4.69, 9.17) is 13.1 Å². The largest absolute Gasteiger partial charge is 0.523 e. The van der Waals surface area contributed by atoms with Crippen molar-refractivity contribution in [2.75, 3.05) is 0 Å². The molecule has 0 unspecified atom stereocenters. The van der Waals surface area contributed by atoms with E-state index in [1.54, 1.807) is 12.1 Å². The Balaban J connectivity index is 2.12. The zero-order chi connectivity index (χ0) is 30.3. The highest BCUT2D eigenvalue weighted by Crippen LogP contribution is 2.37. The number of hydrogen-bond acceptors (Lipinski definition) is 6. The van der Waals surface area contributed by atoms with Crippen LogP contribution < -0.4 is 10.4 Å². The van der Waals surface area contributed by atoms with E-state index < -0.39 is 35.2 Å². The second-order valence-electron chi connectivity index (χ2n) is 8.89. The lowest BCUT2D eigenvalue weighted by atomic mass is 9.92. The maximum absolute atomic E-state index is 14.3. The van der Waals surface area contributed by atoms with Gasteiger partial charge in [-0.25, -0.2) is 0 Å². The number of pyridine rings is 2. The van der Waals surface area contributed by atoms with Gasteiger partial charge in [0.15, 0.2) is 0 Å². The minimum atomic E-state index is -1.22. The predicted molar refractivity (Wildman–Crippen MR) is 134 cm³/mol. The van der Waals surface area contributed by atoms with Gasteiger partial charge in [0.2, 0.25) is 23.8 Å². The quantitative estimate of drug-likeness (QED) is 0.205. The van der Waals surface area contributed by atoms with Crippen LogP contribution >= 0.6 is 0 Å². The number of halogens is 4. The van der Waals surface area contributed by atoms with Crippen LogP contribution in [0, 0.1) is 82.3 Å². The average molecular weight is 556 g/mol. The number of benzene rings is 1. The van der Waals surface area contributed by atoms with Crippen LogP contribution in [0.3, 0.4) is 0 Å². The maximum Gasteiger partial charge on any atom is 0.523 e. The van der Waals surface area contributed by atoms with Gasteiger partial charge in [-0.1, -0.05) is 0 Å². The van der Waals surface area contributed by atoms with Gasteiger partial charge in [0.25, 0.3) is 0 Å². The smallest absolute Gasteiger partial charge is 0.192 e. The minimum Gasteiger partial charge on any atom is -0.192 e. The summed E-state index contributed by atoms with van der Waals surface area (Å²) < 4.78 is 57.0. The summed E-state index contributed by atoms with van der Waals surface area (Å²) in [5.41, 5.74) is -0.855. The van der Waals surface area contributed by atoms with E-state index in [1.807, 2.05) is 12.1 Å². The lowest BCUT2D eigenvalue weighted by Gasteiger charge is -2.09. The SMILES string of the molecule is [C-]#[N+]C([N+]#[C-])=C1Cc2c(C#N)c3c(c(C#N)c2=C1c1cc(F)nc(F)c1)CC(=C(C#N)C#N)C=3c1cc(F)nc(F)c1. The summed E-state index contributed by atoms with van der Waals surface area (Å²) in [7, 11) is 0. The van der Waals surface area contributed by atoms with E-state index in [0.717, 1.165) is 24.3 Å². The van der Waals surface area contributed by atoms with Crippen LogP contribution in [0.15, 0.2) is 46.8 Å². The molecule has 3 aromatic rings. The number of fused-ring (bicyclic) bond motifs is 2. The fraction of sp³-hybridized carbons (Fsp3) is 0.0667. The Kier molecular flexibility index (Phi) is 6.54. The van der Waals surface area contributed by atoms with Crippen molar-refractivity contribution < 1.29 is 17.6 Å². The third-order valence-corrected chi connectivity index (χ3v) is 6.85. The van der Waals surface area contributed by atoms with E-state index in [1.165, 1.54) is 0 Å². The second-order valence-corrected chi connectivity index (χ2v) is 8.89. The minimum absolute atomic E-state index is 0.00186. The van der Waals surface area contributed by atoms with Gasteiger partial charge in [-0.15, -0.1) is 0 Å². The molecule has 0 bridgehead atoms. The standard InChI is InChI=1S/C30H8F4N8/c1-39-30(40-2)19-8-18-21(12-38)28-17(20(11-37)29(18)27(19)14-5-24(33)42-25(34)6-14)7-16(15(9-35)10-36)26(28)13-3-22(31)41-23(32)4-13/h3-6H,7-8H2. The number of nitriles is 4. The Hall–Kier alpha value is -6.60. The highest BCUT2D eigenvalue weighted by Gasteiger charge is 2.36. The molecule has 2 aliphatic rings. The zero-order valence-electron chi connectivity index (χ0n) is 20.8. The van der Waals surface area contributed by atoms with Crippen molar-refractivity contribution in [2.45, 2.75) is 12.8 Å². The van der Waals surface area contributed by atoms with Crippen molar-refractivity contribution in [3.05, 3.63) is 137 Å². The van der Waals surface area contributed by atoms with Crippen molar-refractivity contribution in [1.29, 1.82) is 21.0 Å². The first-order valence-electron chi connectivity index (χ1n) is 11.7. The Bertz CT molecular complexity index is 2020. The van der Waals surface area contributed by atoms with Gasteiger partial charge in [0, 0.05) is 41.1 Å². The molecule has 12 heteroatoms. The van der Waals surface area contributed by atoms with Crippen LogP contribution in [-0.2, 0) is 12.8 Å². The first kappa shape index (κ1) is 27.0. The van der Waals surface area contributed by atoms with Crippen LogP contribution in [0.5, 0.6) is 0 Å². The van der Waals surface area contributed by atoms with Gasteiger partial charge in [0.1, 0.15) is 43.0 Å². The third-order valence-electron chi connectivity index (χ3n) is 6.85. The van der Waals surface area contributed by atoms with Crippen molar-refractivity contribution in [1.82, 2.24) is 9.97 Å². The number of hydrogen-bond donors (Lipinski definition) is 0. The van der Waals surface area contributed by atoms with E-state index in [0.29, 0.717) is 0 Å². The van der Waals surface area contributed by atoms with Gasteiger partial charge >= 0.3 is 5.82 Å². The molecule has 42 heavy (non-hydrogen) atoms. The molecule has 2 aliphatic carbocycles. The number of allylic oxidation sites excluding steroid dienone is 3. The molecule has 0 spiro atoms. The lowest BCUT2D eigenvalue weighted by molar-refractivity contribution is 0.511. The summed E-state index contributed by atoms with van der Waals surface area (Å²) in [5, 5.41) is 40.2. The van der Waals surface area contributed by atoms with E-state index >= 15 is 0 Å². The summed E-state index contributed by atoms with van der Waals surface area (Å²) >= 11 is 0. The molecule has 5 rings (SSSR count). The highest BCUT2D eigenvalue weighted by atomic mass is 19.1. The maximum atomic E-state index is 14.3. The molecule has 2 aromatic heterocycles. The van der Waals surface area contributed by atoms with Crippen molar-refractivity contribution in [3.63, 3.8) is 0 Å². The van der Waals surface area contributed by atoms with Gasteiger partial charge in [-0.2, -0.15) is 58.3 Å². The molecule has 0 saturated heterocycles. The molecule has 0 N–H and O–H groups in total. The molecule has 1 aromatic carbocycles. The highest BCUT2D eigenvalue weighted by molar-refractivity contribution is 5.91. The monoisotopic (exact) mass is 556 g/mol. The number of rotatable bonds is 2. The van der Waals surface area contributed by atoms with E-state index in [9.17, 15) is 38.6 Å². The Labute approximate surface area is 234 Å². The lowest BCUT2D eigenvalue weighted by Crippen LogP contribution is -2.26. The van der Waals surface area contributed by atoms with Crippen LogP contribution in [0.2, 0.25) is 0 Å².